The molecular weight excluding hydrogens is 546 g/mol. The van der Waals surface area contributed by atoms with Crippen LogP contribution in [-0.2, 0) is 4.79 Å². The van der Waals surface area contributed by atoms with Crippen LogP contribution in [0, 0.1) is 0 Å². The second-order valence-electron chi connectivity index (χ2n) is 12.8. The fraction of sp³-hybridized carbons (Fsp3) is 0.821. The molecule has 3 atom stereocenters. The van der Waals surface area contributed by atoms with Crippen LogP contribution >= 0.6 is 0 Å². The van der Waals surface area contributed by atoms with Crippen LogP contribution in [0.5, 0.6) is 0 Å². The van der Waals surface area contributed by atoms with Crippen molar-refractivity contribution < 1.29 is 20.1 Å². The Kier molecular flexibility index (Phi) is 33.3. The van der Waals surface area contributed by atoms with Gasteiger partial charge in [-0.25, -0.2) is 0 Å². The average molecular weight is 620 g/mol. The fourth-order valence-electron chi connectivity index (χ4n) is 5.46. The van der Waals surface area contributed by atoms with Crippen molar-refractivity contribution in [2.45, 2.75) is 199 Å². The van der Waals surface area contributed by atoms with Gasteiger partial charge in [0.25, 0.3) is 0 Å². The SMILES string of the molecule is CCCCC/C=C/CC/C=C/CCCC(O)C(O)C(CO)NC(=O)CCCCCCC/C=C\CCCCCCCCCCC. The molecule has 0 heterocycles. The molecule has 0 bridgehead atoms. The smallest absolute Gasteiger partial charge is 0.220 e. The predicted octanol–water partition coefficient (Wildman–Crippen LogP) is 10.0. The molecule has 0 aromatic carbocycles. The Morgan fingerprint density at radius 2 is 0.932 bits per heavy atom. The number of amides is 1. The number of hydrogen-bond donors (Lipinski definition) is 4. The second-order valence-corrected chi connectivity index (χ2v) is 12.8. The molecule has 0 aliphatic heterocycles. The van der Waals surface area contributed by atoms with Crippen LogP contribution in [0.3, 0.4) is 0 Å². The lowest BCUT2D eigenvalue weighted by molar-refractivity contribution is -0.124. The number of hydrogen-bond acceptors (Lipinski definition) is 4. The Morgan fingerprint density at radius 3 is 1.43 bits per heavy atom. The Balaban J connectivity index is 3.75. The molecule has 44 heavy (non-hydrogen) atoms. The minimum atomic E-state index is -1.17. The minimum Gasteiger partial charge on any atom is -0.394 e. The molecule has 0 aliphatic rings. The summed E-state index contributed by atoms with van der Waals surface area (Å²) in [7, 11) is 0. The van der Waals surface area contributed by atoms with E-state index in [-0.39, 0.29) is 12.5 Å². The van der Waals surface area contributed by atoms with E-state index in [2.05, 4.69) is 55.6 Å². The highest BCUT2D eigenvalue weighted by Gasteiger charge is 2.26. The van der Waals surface area contributed by atoms with E-state index >= 15 is 0 Å². The van der Waals surface area contributed by atoms with Crippen molar-refractivity contribution in [2.75, 3.05) is 6.61 Å². The molecule has 1 amide bonds. The van der Waals surface area contributed by atoms with Gasteiger partial charge in [0.1, 0.15) is 6.10 Å². The maximum absolute atomic E-state index is 12.3. The van der Waals surface area contributed by atoms with E-state index in [0.717, 1.165) is 51.4 Å². The maximum atomic E-state index is 12.3. The first-order valence-electron chi connectivity index (χ1n) is 18.8. The highest BCUT2D eigenvalue weighted by molar-refractivity contribution is 5.76. The van der Waals surface area contributed by atoms with Gasteiger partial charge in [-0.3, -0.25) is 4.79 Å². The first-order valence-corrected chi connectivity index (χ1v) is 18.8. The van der Waals surface area contributed by atoms with E-state index in [0.29, 0.717) is 12.8 Å². The van der Waals surface area contributed by atoms with Crippen molar-refractivity contribution in [2.24, 2.45) is 0 Å². The van der Waals surface area contributed by atoms with Gasteiger partial charge < -0.3 is 20.6 Å². The van der Waals surface area contributed by atoms with Crippen molar-refractivity contribution in [3.63, 3.8) is 0 Å². The van der Waals surface area contributed by atoms with Gasteiger partial charge in [0.15, 0.2) is 0 Å². The normalized spacial score (nSPS) is 14.2. The molecule has 258 valence electrons. The Bertz CT molecular complexity index is 690. The zero-order chi connectivity index (χ0) is 32.4. The van der Waals surface area contributed by atoms with Crippen LogP contribution in [0.15, 0.2) is 36.5 Å². The van der Waals surface area contributed by atoms with Crippen LogP contribution in [0.1, 0.15) is 181 Å². The molecule has 4 N–H and O–H groups in total. The molecule has 0 aliphatic carbocycles. The molecule has 0 radical (unpaired) electrons. The summed E-state index contributed by atoms with van der Waals surface area (Å²) in [5.41, 5.74) is 0. The van der Waals surface area contributed by atoms with E-state index in [1.54, 1.807) is 0 Å². The third-order valence-electron chi connectivity index (χ3n) is 8.44. The van der Waals surface area contributed by atoms with Crippen molar-refractivity contribution in [1.82, 2.24) is 5.32 Å². The summed E-state index contributed by atoms with van der Waals surface area (Å²) in [4.78, 5) is 12.3. The summed E-state index contributed by atoms with van der Waals surface area (Å²) < 4.78 is 0. The predicted molar refractivity (Wildman–Crippen MR) is 190 cm³/mol. The van der Waals surface area contributed by atoms with Gasteiger partial charge in [-0.1, -0.05) is 134 Å². The van der Waals surface area contributed by atoms with E-state index in [1.165, 1.54) is 103 Å². The summed E-state index contributed by atoms with van der Waals surface area (Å²) in [5, 5.41) is 33.3. The van der Waals surface area contributed by atoms with Crippen molar-refractivity contribution in [3.8, 4) is 0 Å². The Hall–Kier alpha value is -1.43. The topological polar surface area (TPSA) is 89.8 Å². The average Bonchev–Trinajstić information content (AvgIpc) is 3.03. The van der Waals surface area contributed by atoms with Gasteiger partial charge in [-0.05, 0) is 77.0 Å². The first-order chi connectivity index (χ1) is 21.6. The molecule has 0 aromatic heterocycles. The summed E-state index contributed by atoms with van der Waals surface area (Å²) >= 11 is 0. The summed E-state index contributed by atoms with van der Waals surface area (Å²) in [5.74, 6) is -0.169. The minimum absolute atomic E-state index is 0.169. The molecule has 5 heteroatoms. The number of unbranched alkanes of at least 4 members (excludes halogenated alkanes) is 19. The fourth-order valence-corrected chi connectivity index (χ4v) is 5.46. The number of allylic oxidation sites excluding steroid dienone is 6. The Labute approximate surface area is 273 Å². The van der Waals surface area contributed by atoms with Crippen LogP contribution < -0.4 is 5.32 Å². The molecule has 0 rings (SSSR count). The number of carbonyl (C=O) groups is 1. The quantitative estimate of drug-likeness (QED) is 0.0435. The standard InChI is InChI=1S/C39H73NO4/c1-3-5-7-9-11-13-15-17-18-19-20-21-22-24-26-28-30-32-34-38(43)40-36(35-41)39(44)37(42)33-31-29-27-25-23-16-14-12-10-8-6-4-2/h12,14,20-21,25,27,36-37,39,41-42,44H,3-11,13,15-19,22-24,26,28-35H2,1-2H3,(H,40,43)/b14-12+,21-20-,27-25+. The largest absolute Gasteiger partial charge is 0.394 e. The Morgan fingerprint density at radius 1 is 0.545 bits per heavy atom. The van der Waals surface area contributed by atoms with E-state index in [1.807, 2.05) is 0 Å². The zero-order valence-corrected chi connectivity index (χ0v) is 29.0. The van der Waals surface area contributed by atoms with Gasteiger partial charge in [0.2, 0.25) is 5.91 Å². The van der Waals surface area contributed by atoms with E-state index in [9.17, 15) is 20.1 Å². The summed E-state index contributed by atoms with van der Waals surface area (Å²) in [6.45, 7) is 4.11. The number of aliphatic hydroxyl groups is 3. The molecule has 3 unspecified atom stereocenters. The maximum Gasteiger partial charge on any atom is 0.220 e. The second kappa shape index (κ2) is 34.4. The lowest BCUT2D eigenvalue weighted by atomic mass is 10.0. The van der Waals surface area contributed by atoms with Gasteiger partial charge in [0.05, 0.1) is 18.8 Å². The van der Waals surface area contributed by atoms with Gasteiger partial charge in [-0.15, -0.1) is 0 Å². The number of rotatable bonds is 33. The number of nitrogens with one attached hydrogen (secondary N) is 1. The van der Waals surface area contributed by atoms with Crippen LogP contribution in [0.25, 0.3) is 0 Å². The molecule has 0 saturated carbocycles. The lowest BCUT2D eigenvalue weighted by Crippen LogP contribution is -2.50. The number of carbonyl (C=O) groups excluding carboxylic acids is 1. The molecule has 0 spiro atoms. The highest BCUT2D eigenvalue weighted by atomic mass is 16.3. The van der Waals surface area contributed by atoms with Gasteiger partial charge in [-0.2, -0.15) is 0 Å². The monoisotopic (exact) mass is 620 g/mol. The van der Waals surface area contributed by atoms with Crippen LogP contribution in [-0.4, -0.2) is 46.1 Å². The summed E-state index contributed by atoms with van der Waals surface area (Å²) in [6.07, 6.45) is 41.0. The van der Waals surface area contributed by atoms with Crippen molar-refractivity contribution in [1.29, 1.82) is 0 Å². The molecular formula is C39H73NO4. The third-order valence-corrected chi connectivity index (χ3v) is 8.44. The summed E-state index contributed by atoms with van der Waals surface area (Å²) in [6, 6.07) is -0.834. The van der Waals surface area contributed by atoms with E-state index < -0.39 is 18.2 Å². The van der Waals surface area contributed by atoms with Gasteiger partial charge >= 0.3 is 0 Å². The van der Waals surface area contributed by atoms with Crippen molar-refractivity contribution >= 4 is 5.91 Å². The lowest BCUT2D eigenvalue weighted by Gasteiger charge is -2.26. The molecule has 0 fully saturated rings. The number of aliphatic hydroxyl groups excluding tert-OH is 3. The molecule has 5 nitrogen and oxygen atoms in total. The highest BCUT2D eigenvalue weighted by Crippen LogP contribution is 2.13. The zero-order valence-electron chi connectivity index (χ0n) is 29.0. The third kappa shape index (κ3) is 29.3. The van der Waals surface area contributed by atoms with Crippen LogP contribution in [0.4, 0.5) is 0 Å². The van der Waals surface area contributed by atoms with Gasteiger partial charge in [0, 0.05) is 6.42 Å². The first kappa shape index (κ1) is 42.6. The molecule has 0 aromatic rings. The van der Waals surface area contributed by atoms with Crippen LogP contribution in [0.2, 0.25) is 0 Å². The van der Waals surface area contributed by atoms with Crippen molar-refractivity contribution in [3.05, 3.63) is 36.5 Å². The molecule has 0 saturated heterocycles. The van der Waals surface area contributed by atoms with E-state index in [4.69, 9.17) is 0 Å².